The second-order valence-corrected chi connectivity index (χ2v) is 8.69. The van der Waals surface area contributed by atoms with Gasteiger partial charge >= 0.3 is 6.09 Å². The van der Waals surface area contributed by atoms with Gasteiger partial charge in [0.1, 0.15) is 5.60 Å². The fourth-order valence-electron chi connectivity index (χ4n) is 2.42. The molecule has 0 saturated carbocycles. The molecule has 130 valence electrons. The Morgan fingerprint density at radius 3 is 2.59 bits per heavy atom. The summed E-state index contributed by atoms with van der Waals surface area (Å²) in [5.41, 5.74) is -0.501. The SMILES string of the molecule is CN(C(=O)OC(C)(C)C)C1CCCN(CCNS(C)(=O)=O)C1. The molecule has 0 radical (unpaired) electrons. The zero-order chi connectivity index (χ0) is 17.0. The van der Waals surface area contributed by atoms with Crippen molar-refractivity contribution in [2.45, 2.75) is 45.3 Å². The Morgan fingerprint density at radius 1 is 1.41 bits per heavy atom. The minimum atomic E-state index is -3.15. The van der Waals surface area contributed by atoms with E-state index in [1.165, 1.54) is 0 Å². The average molecular weight is 335 g/mol. The summed E-state index contributed by atoms with van der Waals surface area (Å²) >= 11 is 0. The molecule has 1 aliphatic rings. The van der Waals surface area contributed by atoms with E-state index < -0.39 is 15.6 Å². The molecular formula is C14H29N3O4S. The number of hydrogen-bond acceptors (Lipinski definition) is 5. The molecular weight excluding hydrogens is 306 g/mol. The summed E-state index contributed by atoms with van der Waals surface area (Å²) in [6.45, 7) is 8.24. The van der Waals surface area contributed by atoms with E-state index in [1.54, 1.807) is 11.9 Å². The minimum Gasteiger partial charge on any atom is -0.444 e. The van der Waals surface area contributed by atoms with Crippen LogP contribution in [0.1, 0.15) is 33.6 Å². The van der Waals surface area contributed by atoms with E-state index in [-0.39, 0.29) is 12.1 Å². The number of likely N-dealkylation sites (tertiary alicyclic amines) is 1. The van der Waals surface area contributed by atoms with Gasteiger partial charge in [-0.1, -0.05) is 0 Å². The number of likely N-dealkylation sites (N-methyl/N-ethyl adjacent to an activating group) is 1. The van der Waals surface area contributed by atoms with Crippen LogP contribution < -0.4 is 4.72 Å². The third kappa shape index (κ3) is 7.42. The molecule has 7 nitrogen and oxygen atoms in total. The molecule has 1 N–H and O–H groups in total. The first-order valence-corrected chi connectivity index (χ1v) is 9.50. The van der Waals surface area contributed by atoms with Crippen molar-refractivity contribution in [3.8, 4) is 0 Å². The summed E-state index contributed by atoms with van der Waals surface area (Å²) in [7, 11) is -1.39. The highest BCUT2D eigenvalue weighted by Gasteiger charge is 2.28. The summed E-state index contributed by atoms with van der Waals surface area (Å²) in [6, 6.07) is 0.0989. The first-order chi connectivity index (χ1) is 9.98. The quantitative estimate of drug-likeness (QED) is 0.806. The van der Waals surface area contributed by atoms with Crippen molar-refractivity contribution >= 4 is 16.1 Å². The van der Waals surface area contributed by atoms with Crippen molar-refractivity contribution in [1.82, 2.24) is 14.5 Å². The molecule has 0 aromatic heterocycles. The maximum Gasteiger partial charge on any atom is 0.410 e. The van der Waals surface area contributed by atoms with Crippen molar-refractivity contribution in [2.75, 3.05) is 39.5 Å². The lowest BCUT2D eigenvalue weighted by atomic mass is 10.0. The summed E-state index contributed by atoms with van der Waals surface area (Å²) in [6.07, 6.45) is 2.76. The van der Waals surface area contributed by atoms with Gasteiger partial charge in [-0.15, -0.1) is 0 Å². The smallest absolute Gasteiger partial charge is 0.410 e. The standard InChI is InChI=1S/C14H29N3O4S/c1-14(2,3)21-13(18)16(4)12-7-6-9-17(11-12)10-8-15-22(5,19)20/h12,15H,6-11H2,1-5H3. The molecule has 0 aliphatic carbocycles. The normalized spacial score (nSPS) is 20.7. The van der Waals surface area contributed by atoms with E-state index >= 15 is 0 Å². The van der Waals surface area contributed by atoms with Crippen LogP contribution in [0, 0.1) is 0 Å². The van der Waals surface area contributed by atoms with E-state index in [1.807, 2.05) is 20.8 Å². The van der Waals surface area contributed by atoms with Gasteiger partial charge in [0.25, 0.3) is 0 Å². The molecule has 0 spiro atoms. The number of amides is 1. The number of nitrogens with one attached hydrogen (secondary N) is 1. The van der Waals surface area contributed by atoms with Gasteiger partial charge in [0.05, 0.1) is 6.26 Å². The number of piperidine rings is 1. The van der Waals surface area contributed by atoms with Crippen molar-refractivity contribution in [3.05, 3.63) is 0 Å². The average Bonchev–Trinajstić information content (AvgIpc) is 2.34. The highest BCUT2D eigenvalue weighted by molar-refractivity contribution is 7.88. The van der Waals surface area contributed by atoms with Gasteiger partial charge in [-0.05, 0) is 40.2 Å². The van der Waals surface area contributed by atoms with Gasteiger partial charge < -0.3 is 9.64 Å². The molecule has 1 heterocycles. The number of rotatable bonds is 5. The van der Waals surface area contributed by atoms with E-state index in [4.69, 9.17) is 4.74 Å². The molecule has 0 aromatic rings. The summed E-state index contributed by atoms with van der Waals surface area (Å²) in [5.74, 6) is 0. The Kier molecular flexibility index (Phi) is 6.64. The van der Waals surface area contributed by atoms with Gasteiger partial charge in [-0.2, -0.15) is 0 Å². The van der Waals surface area contributed by atoms with Crippen LogP contribution in [0.2, 0.25) is 0 Å². The highest BCUT2D eigenvalue weighted by Crippen LogP contribution is 2.17. The zero-order valence-electron chi connectivity index (χ0n) is 14.3. The Balaban J connectivity index is 2.46. The number of sulfonamides is 1. The van der Waals surface area contributed by atoms with Gasteiger partial charge in [-0.25, -0.2) is 17.9 Å². The Hall–Kier alpha value is -0.860. The van der Waals surface area contributed by atoms with Crippen LogP contribution in [0.15, 0.2) is 0 Å². The molecule has 1 fully saturated rings. The van der Waals surface area contributed by atoms with Crippen molar-refractivity contribution < 1.29 is 17.9 Å². The molecule has 1 saturated heterocycles. The fraction of sp³-hybridized carbons (Fsp3) is 0.929. The van der Waals surface area contributed by atoms with E-state index in [0.29, 0.717) is 13.1 Å². The van der Waals surface area contributed by atoms with Gasteiger partial charge in [-0.3, -0.25) is 4.90 Å². The number of hydrogen-bond donors (Lipinski definition) is 1. The summed E-state index contributed by atoms with van der Waals surface area (Å²) in [5, 5.41) is 0. The lowest BCUT2D eigenvalue weighted by Crippen LogP contribution is -2.50. The number of ether oxygens (including phenoxy) is 1. The molecule has 1 aliphatic heterocycles. The Bertz CT molecular complexity index is 473. The topological polar surface area (TPSA) is 79.0 Å². The number of carbonyl (C=O) groups is 1. The zero-order valence-corrected chi connectivity index (χ0v) is 15.1. The van der Waals surface area contributed by atoms with Gasteiger partial charge in [0.15, 0.2) is 0 Å². The lowest BCUT2D eigenvalue weighted by molar-refractivity contribution is 0.0137. The largest absolute Gasteiger partial charge is 0.444 e. The summed E-state index contributed by atoms with van der Waals surface area (Å²) in [4.78, 5) is 15.9. The van der Waals surface area contributed by atoms with Crippen molar-refractivity contribution in [2.24, 2.45) is 0 Å². The van der Waals surface area contributed by atoms with E-state index in [0.717, 1.165) is 32.2 Å². The van der Waals surface area contributed by atoms with Crippen molar-refractivity contribution in [1.29, 1.82) is 0 Å². The molecule has 0 aromatic carbocycles. The van der Waals surface area contributed by atoms with E-state index in [9.17, 15) is 13.2 Å². The molecule has 1 unspecified atom stereocenters. The molecule has 8 heteroatoms. The van der Waals surface area contributed by atoms with Crippen LogP contribution in [-0.2, 0) is 14.8 Å². The summed E-state index contributed by atoms with van der Waals surface area (Å²) < 4.78 is 30.0. The number of nitrogens with zero attached hydrogens (tertiary/aromatic N) is 2. The molecule has 1 amide bonds. The minimum absolute atomic E-state index is 0.0989. The second-order valence-electron chi connectivity index (χ2n) is 6.85. The van der Waals surface area contributed by atoms with Crippen LogP contribution in [-0.4, -0.2) is 75.4 Å². The van der Waals surface area contributed by atoms with Crippen LogP contribution in [0.3, 0.4) is 0 Å². The number of carbonyl (C=O) groups excluding carboxylic acids is 1. The first kappa shape index (κ1) is 19.2. The van der Waals surface area contributed by atoms with Gasteiger partial charge in [0, 0.05) is 32.7 Å². The second kappa shape index (κ2) is 7.61. The fourth-order valence-corrected chi connectivity index (χ4v) is 2.88. The maximum absolute atomic E-state index is 12.1. The van der Waals surface area contributed by atoms with Gasteiger partial charge in [0.2, 0.25) is 10.0 Å². The lowest BCUT2D eigenvalue weighted by Gasteiger charge is -2.38. The first-order valence-electron chi connectivity index (χ1n) is 7.61. The maximum atomic E-state index is 12.1. The molecule has 1 rings (SSSR count). The van der Waals surface area contributed by atoms with E-state index in [2.05, 4.69) is 9.62 Å². The molecule has 1 atom stereocenters. The Morgan fingerprint density at radius 2 is 2.05 bits per heavy atom. The van der Waals surface area contributed by atoms with Crippen LogP contribution >= 0.6 is 0 Å². The van der Waals surface area contributed by atoms with Crippen LogP contribution in [0.4, 0.5) is 4.79 Å². The monoisotopic (exact) mass is 335 g/mol. The predicted molar refractivity (Wildman–Crippen MR) is 86.3 cm³/mol. The van der Waals surface area contributed by atoms with Crippen molar-refractivity contribution in [3.63, 3.8) is 0 Å². The van der Waals surface area contributed by atoms with Crippen LogP contribution in [0.25, 0.3) is 0 Å². The Labute approximate surface area is 134 Å². The highest BCUT2D eigenvalue weighted by atomic mass is 32.2. The molecule has 0 bridgehead atoms. The third-order valence-corrected chi connectivity index (χ3v) is 4.23. The predicted octanol–water partition coefficient (Wildman–Crippen LogP) is 0.867. The van der Waals surface area contributed by atoms with Crippen LogP contribution in [0.5, 0.6) is 0 Å². The molecule has 22 heavy (non-hydrogen) atoms. The third-order valence-electron chi connectivity index (χ3n) is 3.50.